The Kier molecular flexibility index (Phi) is 7.32. The quantitative estimate of drug-likeness (QED) is 0.411. The van der Waals surface area contributed by atoms with Gasteiger partial charge in [-0.1, -0.05) is 75.3 Å². The highest BCUT2D eigenvalue weighted by Gasteiger charge is 2.57. The Morgan fingerprint density at radius 2 is 1.24 bits per heavy atom. The predicted molar refractivity (Wildman–Crippen MR) is 110 cm³/mol. The third-order valence-corrected chi connectivity index (χ3v) is 7.67. The zero-order chi connectivity index (χ0) is 21.1. The minimum Gasteiger partial charge on any atom is -0.229 e. The van der Waals surface area contributed by atoms with E-state index >= 15 is 4.39 Å². The zero-order valence-corrected chi connectivity index (χ0v) is 17.9. The summed E-state index contributed by atoms with van der Waals surface area (Å²) >= 11 is 0. The van der Waals surface area contributed by atoms with E-state index in [0.717, 1.165) is 43.1 Å². The van der Waals surface area contributed by atoms with E-state index in [1.165, 1.54) is 50.7 Å². The predicted octanol–water partition coefficient (Wildman–Crippen LogP) is 8.53. The number of hydrogen-bond donors (Lipinski definition) is 0. The van der Waals surface area contributed by atoms with Crippen LogP contribution < -0.4 is 0 Å². The minimum atomic E-state index is -4.88. The van der Waals surface area contributed by atoms with Crippen molar-refractivity contribution in [3.8, 4) is 0 Å². The van der Waals surface area contributed by atoms with Crippen molar-refractivity contribution in [1.82, 2.24) is 0 Å². The second kappa shape index (κ2) is 9.39. The van der Waals surface area contributed by atoms with Gasteiger partial charge in [0.2, 0.25) is 5.67 Å². The van der Waals surface area contributed by atoms with E-state index in [4.69, 9.17) is 0 Å². The summed E-state index contributed by atoms with van der Waals surface area (Å²) in [5, 5.41) is 0. The van der Waals surface area contributed by atoms with Gasteiger partial charge in [0, 0.05) is 0 Å². The Hall–Kier alpha value is -1.06. The van der Waals surface area contributed by atoms with E-state index in [2.05, 4.69) is 6.92 Å². The van der Waals surface area contributed by atoms with Crippen molar-refractivity contribution in [1.29, 1.82) is 0 Å². The molecule has 164 valence electrons. The maximum atomic E-state index is 15.4. The van der Waals surface area contributed by atoms with Crippen molar-refractivity contribution in [2.24, 2.45) is 23.7 Å². The number of aryl methyl sites for hydroxylation is 1. The molecule has 3 rings (SSSR count). The molecule has 2 fully saturated rings. The smallest absolute Gasteiger partial charge is 0.229 e. The van der Waals surface area contributed by atoms with Crippen molar-refractivity contribution in [3.63, 3.8) is 0 Å². The van der Waals surface area contributed by atoms with E-state index < -0.39 is 18.3 Å². The molecule has 1 aromatic carbocycles. The van der Waals surface area contributed by atoms with Crippen LogP contribution >= 0.6 is 0 Å². The number of halogens is 4. The molecule has 0 aromatic heterocycles. The van der Waals surface area contributed by atoms with Gasteiger partial charge in [-0.2, -0.15) is 13.2 Å². The molecule has 1 unspecified atom stereocenters. The molecule has 2 aliphatic carbocycles. The molecule has 1 aromatic rings. The lowest BCUT2D eigenvalue weighted by Gasteiger charge is -2.39. The van der Waals surface area contributed by atoms with Crippen LogP contribution in [0.1, 0.15) is 88.7 Å². The van der Waals surface area contributed by atoms with Crippen LogP contribution in [0.25, 0.3) is 0 Å². The van der Waals surface area contributed by atoms with Crippen LogP contribution in [0, 0.1) is 30.6 Å². The molecule has 0 amide bonds. The van der Waals surface area contributed by atoms with Crippen molar-refractivity contribution in [3.05, 3.63) is 35.4 Å². The molecule has 1 atom stereocenters. The summed E-state index contributed by atoms with van der Waals surface area (Å²) in [4.78, 5) is 0. The monoisotopic (exact) mass is 412 g/mol. The summed E-state index contributed by atoms with van der Waals surface area (Å²) in [5.41, 5.74) is -2.64. The molecule has 0 N–H and O–H groups in total. The highest BCUT2D eigenvalue weighted by Crippen LogP contribution is 2.50. The lowest BCUT2D eigenvalue weighted by atomic mass is 9.67. The fraction of sp³-hybridized carbons (Fsp3) is 0.760. The molecule has 0 aliphatic heterocycles. The second-order valence-electron chi connectivity index (χ2n) is 9.72. The van der Waals surface area contributed by atoms with E-state index in [9.17, 15) is 13.2 Å². The fourth-order valence-corrected chi connectivity index (χ4v) is 5.83. The van der Waals surface area contributed by atoms with Gasteiger partial charge in [0.25, 0.3) is 0 Å². The Morgan fingerprint density at radius 3 is 1.69 bits per heavy atom. The van der Waals surface area contributed by atoms with Crippen LogP contribution in [0.5, 0.6) is 0 Å². The van der Waals surface area contributed by atoms with E-state index in [-0.39, 0.29) is 11.5 Å². The first-order valence-electron chi connectivity index (χ1n) is 11.6. The number of benzene rings is 1. The SMILES string of the molecule is CCCC1CCC(C2CCC(CC(F)(c3ccc(C)cc3)C(F)(F)F)CC2)CC1. The normalized spacial score (nSPS) is 30.7. The molecule has 29 heavy (non-hydrogen) atoms. The standard InChI is InChI=1S/C25H36F4/c1-3-4-19-7-11-21(12-8-19)22-13-9-20(10-14-22)17-24(26,25(27,28)29)23-15-5-18(2)6-16-23/h5-6,15-16,19-22H,3-4,7-14,17H2,1-2H3. The number of rotatable bonds is 6. The third-order valence-electron chi connectivity index (χ3n) is 7.67. The Morgan fingerprint density at radius 1 is 0.759 bits per heavy atom. The second-order valence-corrected chi connectivity index (χ2v) is 9.72. The van der Waals surface area contributed by atoms with Crippen LogP contribution in [0.3, 0.4) is 0 Å². The first-order valence-corrected chi connectivity index (χ1v) is 11.6. The molecule has 2 aliphatic rings. The highest BCUT2D eigenvalue weighted by atomic mass is 19.4. The van der Waals surface area contributed by atoms with Crippen molar-refractivity contribution < 1.29 is 17.6 Å². The summed E-state index contributed by atoms with van der Waals surface area (Å²) in [7, 11) is 0. The van der Waals surface area contributed by atoms with Crippen LogP contribution in [0.15, 0.2) is 24.3 Å². The van der Waals surface area contributed by atoms with Gasteiger partial charge in [-0.3, -0.25) is 0 Å². The van der Waals surface area contributed by atoms with Crippen LogP contribution in [-0.4, -0.2) is 6.18 Å². The van der Waals surface area contributed by atoms with Crippen molar-refractivity contribution in [2.75, 3.05) is 0 Å². The minimum absolute atomic E-state index is 0.185. The molecule has 0 saturated heterocycles. The third kappa shape index (κ3) is 5.35. The van der Waals surface area contributed by atoms with Crippen LogP contribution in [-0.2, 0) is 5.67 Å². The summed E-state index contributed by atoms with van der Waals surface area (Å²) in [6.45, 7) is 4.05. The van der Waals surface area contributed by atoms with Gasteiger partial charge < -0.3 is 0 Å². The summed E-state index contributed by atoms with van der Waals surface area (Å²) in [5.74, 6) is 2.06. The molecule has 4 heteroatoms. The maximum Gasteiger partial charge on any atom is 0.426 e. The van der Waals surface area contributed by atoms with Gasteiger partial charge in [0.15, 0.2) is 0 Å². The van der Waals surface area contributed by atoms with Gasteiger partial charge in [0.05, 0.1) is 0 Å². The molecule has 0 nitrogen and oxygen atoms in total. The van der Waals surface area contributed by atoms with E-state index in [0.29, 0.717) is 5.92 Å². The highest BCUT2D eigenvalue weighted by molar-refractivity contribution is 5.28. The maximum absolute atomic E-state index is 15.4. The Balaban J connectivity index is 1.57. The van der Waals surface area contributed by atoms with Gasteiger partial charge in [-0.25, -0.2) is 4.39 Å². The number of hydrogen-bond acceptors (Lipinski definition) is 0. The average Bonchev–Trinajstić information content (AvgIpc) is 2.69. The van der Waals surface area contributed by atoms with Gasteiger partial charge in [0.1, 0.15) is 0 Å². The molecule has 2 saturated carbocycles. The Bertz CT molecular complexity index is 619. The van der Waals surface area contributed by atoms with Gasteiger partial charge in [-0.15, -0.1) is 0 Å². The molecule has 0 radical (unpaired) electrons. The fourth-order valence-electron chi connectivity index (χ4n) is 5.83. The van der Waals surface area contributed by atoms with E-state index in [1.807, 2.05) is 0 Å². The summed E-state index contributed by atoms with van der Waals surface area (Å²) in [6.07, 6.45) is 5.84. The molecule has 0 heterocycles. The Labute approximate surface area is 173 Å². The van der Waals surface area contributed by atoms with Crippen LogP contribution in [0.4, 0.5) is 17.6 Å². The van der Waals surface area contributed by atoms with Crippen molar-refractivity contribution >= 4 is 0 Å². The summed E-state index contributed by atoms with van der Waals surface area (Å²) < 4.78 is 56.6. The number of alkyl halides is 4. The van der Waals surface area contributed by atoms with Crippen LogP contribution in [0.2, 0.25) is 0 Å². The van der Waals surface area contributed by atoms with Gasteiger partial charge >= 0.3 is 6.18 Å². The lowest BCUT2D eigenvalue weighted by molar-refractivity contribution is -0.242. The first-order chi connectivity index (χ1) is 13.7. The lowest BCUT2D eigenvalue weighted by Crippen LogP contribution is -2.40. The van der Waals surface area contributed by atoms with Gasteiger partial charge in [-0.05, 0) is 68.3 Å². The molecule has 0 bridgehead atoms. The van der Waals surface area contributed by atoms with Crippen molar-refractivity contribution in [2.45, 2.75) is 96.3 Å². The molecule has 0 spiro atoms. The summed E-state index contributed by atoms with van der Waals surface area (Å²) in [6, 6.07) is 5.76. The topological polar surface area (TPSA) is 0 Å². The largest absolute Gasteiger partial charge is 0.426 e. The molecular formula is C25H36F4. The average molecular weight is 413 g/mol. The zero-order valence-electron chi connectivity index (χ0n) is 17.9. The van der Waals surface area contributed by atoms with E-state index in [1.54, 1.807) is 19.1 Å². The molecular weight excluding hydrogens is 376 g/mol. The first kappa shape index (κ1) is 22.6.